The van der Waals surface area contributed by atoms with Crippen LogP contribution < -0.4 is 0 Å². The van der Waals surface area contributed by atoms with Crippen molar-refractivity contribution in [3.05, 3.63) is 12.2 Å². The number of carbonyl (C=O) groups excluding carboxylic acids is 2. The number of rotatable bonds is 47. The molecular formula is C48H92O14P2. The fourth-order valence-electron chi connectivity index (χ4n) is 7.54. The molecule has 0 amide bonds. The topological polar surface area (TPSA) is 208 Å². The van der Waals surface area contributed by atoms with Crippen molar-refractivity contribution in [1.29, 1.82) is 0 Å². The van der Waals surface area contributed by atoms with E-state index >= 15 is 0 Å². The number of unbranched alkanes of at least 4 members (excludes halogenated alkanes) is 24. The molecule has 0 aromatic carbocycles. The second kappa shape index (κ2) is 39.8. The number of hydrogen-bond donors (Lipinski definition) is 4. The highest BCUT2D eigenvalue weighted by Gasteiger charge is 2.36. The molecule has 0 aromatic rings. The number of ether oxygens (including phenoxy) is 3. The van der Waals surface area contributed by atoms with Gasteiger partial charge in [0, 0.05) is 12.8 Å². The van der Waals surface area contributed by atoms with Crippen molar-refractivity contribution in [2.45, 2.75) is 251 Å². The summed E-state index contributed by atoms with van der Waals surface area (Å²) in [5.41, 5.74) is 0. The molecule has 1 aliphatic rings. The fraction of sp³-hybridized carbons (Fsp3) is 0.917. The number of epoxide rings is 1. The van der Waals surface area contributed by atoms with Crippen molar-refractivity contribution >= 4 is 27.6 Å². The van der Waals surface area contributed by atoms with Crippen LogP contribution in [0.3, 0.4) is 0 Å². The highest BCUT2D eigenvalue weighted by Crippen LogP contribution is 2.44. The minimum Gasteiger partial charge on any atom is -0.462 e. The van der Waals surface area contributed by atoms with E-state index in [1.54, 1.807) is 0 Å². The molecule has 0 saturated carbocycles. The molecule has 0 spiro atoms. The number of esters is 2. The van der Waals surface area contributed by atoms with Crippen molar-refractivity contribution in [2.24, 2.45) is 5.92 Å². The van der Waals surface area contributed by atoms with E-state index in [-0.39, 0.29) is 19.4 Å². The van der Waals surface area contributed by atoms with Gasteiger partial charge in [0.05, 0.1) is 32.0 Å². The van der Waals surface area contributed by atoms with Gasteiger partial charge >= 0.3 is 27.6 Å². The summed E-state index contributed by atoms with van der Waals surface area (Å²) < 4.78 is 53.8. The van der Waals surface area contributed by atoms with Gasteiger partial charge in [0.25, 0.3) is 0 Å². The van der Waals surface area contributed by atoms with E-state index in [1.165, 1.54) is 116 Å². The molecule has 4 N–H and O–H groups in total. The molecule has 1 saturated heterocycles. The monoisotopic (exact) mass is 955 g/mol. The zero-order valence-corrected chi connectivity index (χ0v) is 42.1. The zero-order chi connectivity index (χ0) is 47.2. The lowest BCUT2D eigenvalue weighted by molar-refractivity contribution is -0.161. The van der Waals surface area contributed by atoms with Crippen LogP contribution in [0.2, 0.25) is 0 Å². The number of phosphoric acid groups is 2. The van der Waals surface area contributed by atoms with E-state index in [9.17, 15) is 28.7 Å². The Morgan fingerprint density at radius 2 is 1.06 bits per heavy atom. The summed E-state index contributed by atoms with van der Waals surface area (Å²) in [6.07, 6.45) is 37.9. The smallest absolute Gasteiger partial charge is 0.462 e. The second-order valence-corrected chi connectivity index (χ2v) is 21.0. The first kappa shape index (κ1) is 60.8. The van der Waals surface area contributed by atoms with Gasteiger partial charge in [-0.2, -0.15) is 0 Å². The number of allylic oxidation sites excluding steroid dienone is 1. The molecule has 0 bridgehead atoms. The Hall–Kier alpha value is -1.18. The minimum absolute atomic E-state index is 0.112. The third-order valence-corrected chi connectivity index (χ3v) is 12.9. The van der Waals surface area contributed by atoms with Crippen molar-refractivity contribution in [2.75, 3.05) is 26.4 Å². The molecule has 0 radical (unpaired) electrons. The molecular weight excluding hydrogens is 862 g/mol. The molecule has 1 rings (SSSR count). The molecule has 5 atom stereocenters. The van der Waals surface area contributed by atoms with Gasteiger partial charge in [-0.15, -0.1) is 0 Å². The third kappa shape index (κ3) is 41.0. The maximum absolute atomic E-state index is 12.7. The predicted octanol–water partition coefficient (Wildman–Crippen LogP) is 12.5. The lowest BCUT2D eigenvalue weighted by Gasteiger charge is -2.20. The van der Waals surface area contributed by atoms with Crippen LogP contribution in [0.1, 0.15) is 226 Å². The van der Waals surface area contributed by atoms with Crippen molar-refractivity contribution < 1.29 is 66.3 Å². The van der Waals surface area contributed by atoms with Crippen LogP contribution in [0, 0.1) is 5.92 Å². The van der Waals surface area contributed by atoms with Gasteiger partial charge in [0.15, 0.2) is 6.10 Å². The summed E-state index contributed by atoms with van der Waals surface area (Å²) in [5.74, 6) is -0.208. The summed E-state index contributed by atoms with van der Waals surface area (Å²) >= 11 is 0. The van der Waals surface area contributed by atoms with Crippen LogP contribution >= 0.6 is 15.6 Å². The Balaban J connectivity index is 2.27. The van der Waals surface area contributed by atoms with Crippen LogP contribution in [0.5, 0.6) is 0 Å². The molecule has 0 aliphatic carbocycles. The molecule has 14 nitrogen and oxygen atoms in total. The first-order valence-electron chi connectivity index (χ1n) is 25.4. The highest BCUT2D eigenvalue weighted by atomic mass is 31.2. The number of aliphatic hydroxyl groups is 1. The Bertz CT molecular complexity index is 1260. The van der Waals surface area contributed by atoms with Crippen molar-refractivity contribution in [1.82, 2.24) is 0 Å². The van der Waals surface area contributed by atoms with Gasteiger partial charge in [0.1, 0.15) is 12.7 Å². The van der Waals surface area contributed by atoms with Gasteiger partial charge < -0.3 is 34.0 Å². The Labute approximate surface area is 387 Å². The van der Waals surface area contributed by atoms with Gasteiger partial charge in [-0.25, -0.2) is 9.13 Å². The summed E-state index contributed by atoms with van der Waals surface area (Å²) in [6.45, 7) is 4.10. The standard InChI is InChI=1S/C48H92O14P2/c1-4-5-6-7-24-29-34-45-46(62-45)35-30-25-22-27-32-37-48(51)61-44(41-60-64(55,56)59-39-43(49)38-58-63(52,53)54)40-57-47(50)36-31-26-21-19-17-15-13-11-9-8-10-12-14-16-18-20-23-28-33-42(2)3/h24,29,42-46,49H,4-23,25-28,30-41H2,1-3H3,(H,55,56)(H2,52,53,54)/b29-24-/t43-,44+,45?,46?/m0/s1. The maximum Gasteiger partial charge on any atom is 0.472 e. The van der Waals surface area contributed by atoms with Crippen molar-refractivity contribution in [3.8, 4) is 0 Å². The van der Waals surface area contributed by atoms with Crippen LogP contribution in [0.15, 0.2) is 12.2 Å². The van der Waals surface area contributed by atoms with E-state index < -0.39 is 59.6 Å². The van der Waals surface area contributed by atoms with Gasteiger partial charge in [0.2, 0.25) is 0 Å². The summed E-state index contributed by atoms with van der Waals surface area (Å²) in [5, 5.41) is 9.78. The van der Waals surface area contributed by atoms with Crippen LogP contribution in [-0.2, 0) is 46.5 Å². The number of carbonyl (C=O) groups is 2. The first-order chi connectivity index (χ1) is 30.7. The molecule has 1 aliphatic heterocycles. The Morgan fingerprint density at radius 1 is 0.578 bits per heavy atom. The molecule has 3 unspecified atom stereocenters. The number of aliphatic hydroxyl groups excluding tert-OH is 1. The van der Waals surface area contributed by atoms with Gasteiger partial charge in [-0.05, 0) is 44.4 Å². The third-order valence-electron chi connectivity index (χ3n) is 11.5. The average Bonchev–Trinajstić information content (AvgIpc) is 4.00. The molecule has 378 valence electrons. The number of phosphoric ester groups is 2. The molecule has 1 heterocycles. The predicted molar refractivity (Wildman–Crippen MR) is 253 cm³/mol. The average molecular weight is 955 g/mol. The zero-order valence-electron chi connectivity index (χ0n) is 40.3. The molecule has 0 aromatic heterocycles. The maximum atomic E-state index is 12.7. The lowest BCUT2D eigenvalue weighted by Crippen LogP contribution is -2.30. The van der Waals surface area contributed by atoms with E-state index in [4.69, 9.17) is 33.0 Å². The van der Waals surface area contributed by atoms with E-state index in [0.29, 0.717) is 25.0 Å². The molecule has 1 fully saturated rings. The van der Waals surface area contributed by atoms with E-state index in [2.05, 4.69) is 37.4 Å². The fourth-order valence-corrected chi connectivity index (χ4v) is 8.70. The first-order valence-corrected chi connectivity index (χ1v) is 28.4. The largest absolute Gasteiger partial charge is 0.472 e. The quantitative estimate of drug-likeness (QED) is 0.0147. The molecule has 64 heavy (non-hydrogen) atoms. The summed E-state index contributed by atoms with van der Waals surface area (Å²) in [4.78, 5) is 52.9. The van der Waals surface area contributed by atoms with Gasteiger partial charge in [-0.3, -0.25) is 23.2 Å². The lowest BCUT2D eigenvalue weighted by atomic mass is 10.0. The van der Waals surface area contributed by atoms with E-state index in [1.807, 2.05) is 0 Å². The SMILES string of the molecule is CCCCC/C=C\CC1OC1CCCCCCCC(=O)O[C@H](COC(=O)CCCCCCCCCCCCCCCCCCCCC(C)C)COP(=O)(O)OC[C@@H](O)COP(=O)(O)O. The van der Waals surface area contributed by atoms with E-state index in [0.717, 1.165) is 70.1 Å². The molecule has 16 heteroatoms. The summed E-state index contributed by atoms with van der Waals surface area (Å²) in [6, 6.07) is 0. The van der Waals surface area contributed by atoms with Crippen LogP contribution in [-0.4, -0.2) is 82.6 Å². The highest BCUT2D eigenvalue weighted by molar-refractivity contribution is 7.47. The second-order valence-electron chi connectivity index (χ2n) is 18.3. The van der Waals surface area contributed by atoms with Crippen molar-refractivity contribution in [3.63, 3.8) is 0 Å². The normalized spacial score (nSPS) is 17.2. The summed E-state index contributed by atoms with van der Waals surface area (Å²) in [7, 11) is -9.68. The van der Waals surface area contributed by atoms with Crippen LogP contribution in [0.4, 0.5) is 0 Å². The minimum atomic E-state index is -4.87. The van der Waals surface area contributed by atoms with Crippen LogP contribution in [0.25, 0.3) is 0 Å². The van der Waals surface area contributed by atoms with Gasteiger partial charge in [-0.1, -0.05) is 187 Å². The Kier molecular flexibility index (Phi) is 37.8. The Morgan fingerprint density at radius 3 is 1.59 bits per heavy atom. The number of hydrogen-bond acceptors (Lipinski definition) is 11.